The van der Waals surface area contributed by atoms with Crippen LogP contribution in [-0.2, 0) is 27.2 Å². The van der Waals surface area contributed by atoms with Crippen molar-refractivity contribution < 1.29 is 27.2 Å². The summed E-state index contributed by atoms with van der Waals surface area (Å²) >= 11 is 0. The highest BCUT2D eigenvalue weighted by Gasteiger charge is 2.43. The average Bonchev–Trinajstić information content (AvgIpc) is 2.55. The van der Waals surface area contributed by atoms with Gasteiger partial charge in [0.05, 0.1) is 26.4 Å². The molecular weight excluding hydrogens is 350 g/mol. The van der Waals surface area contributed by atoms with Gasteiger partial charge in [0.15, 0.2) is 0 Å². The second-order valence-electron chi connectivity index (χ2n) is 5.33. The van der Waals surface area contributed by atoms with Crippen LogP contribution < -0.4 is 0 Å². The van der Waals surface area contributed by atoms with Gasteiger partial charge in [-0.05, 0) is 26.7 Å². The normalized spacial score (nSPS) is 12.5. The average molecular weight is 384 g/mol. The third kappa shape index (κ3) is 8.42. The highest BCUT2D eigenvalue weighted by atomic mass is 31.2. The third-order valence-electron chi connectivity index (χ3n) is 3.25. The van der Waals surface area contributed by atoms with E-state index >= 15 is 0 Å². The minimum Gasteiger partial charge on any atom is -0.305 e. The Morgan fingerprint density at radius 1 is 0.708 bits per heavy atom. The van der Waals surface area contributed by atoms with Crippen molar-refractivity contribution in [1.82, 2.24) is 0 Å². The Kier molecular flexibility index (Phi) is 13.3. The molecular formula is C16H34O6P2. The third-order valence-corrected chi connectivity index (χ3v) is 8.22. The van der Waals surface area contributed by atoms with Crippen LogP contribution in [0.3, 0.4) is 0 Å². The zero-order chi connectivity index (χ0) is 18.5. The van der Waals surface area contributed by atoms with Gasteiger partial charge in [0.1, 0.15) is 5.06 Å². The molecule has 6 nitrogen and oxygen atoms in total. The quantitative estimate of drug-likeness (QED) is 0.229. The summed E-state index contributed by atoms with van der Waals surface area (Å²) in [5.74, 6) is 0. The van der Waals surface area contributed by atoms with E-state index in [1.165, 1.54) is 0 Å². The highest BCUT2D eigenvalue weighted by Crippen LogP contribution is 2.73. The lowest BCUT2D eigenvalue weighted by Gasteiger charge is -2.25. The Balaban J connectivity index is 5.13. The second-order valence-corrected chi connectivity index (χ2v) is 9.78. The van der Waals surface area contributed by atoms with E-state index in [0.717, 1.165) is 38.5 Å². The zero-order valence-electron chi connectivity index (χ0n) is 15.6. The molecule has 0 rings (SSSR count). The van der Waals surface area contributed by atoms with Crippen LogP contribution in [0.2, 0.25) is 0 Å². The lowest BCUT2D eigenvalue weighted by Crippen LogP contribution is -2.05. The van der Waals surface area contributed by atoms with Crippen LogP contribution in [0, 0.1) is 0 Å². The number of rotatable bonds is 16. The van der Waals surface area contributed by atoms with Gasteiger partial charge in [-0.2, -0.15) is 0 Å². The molecule has 0 aliphatic rings. The monoisotopic (exact) mass is 384 g/mol. The van der Waals surface area contributed by atoms with Gasteiger partial charge in [-0.3, -0.25) is 9.13 Å². The Hall–Kier alpha value is 0.0400. The molecule has 0 saturated heterocycles. The molecule has 0 amide bonds. The van der Waals surface area contributed by atoms with Crippen molar-refractivity contribution in [1.29, 1.82) is 0 Å². The SMILES string of the molecule is C=C(P(=O)(OCC)OCC)P(=O)(OCCCCC)OCCCCC. The van der Waals surface area contributed by atoms with E-state index in [1.807, 2.05) is 0 Å². The van der Waals surface area contributed by atoms with E-state index in [4.69, 9.17) is 18.1 Å². The summed E-state index contributed by atoms with van der Waals surface area (Å²) in [7, 11) is -7.53. The first-order valence-corrected chi connectivity index (χ1v) is 12.0. The molecule has 0 spiro atoms. The van der Waals surface area contributed by atoms with Crippen LogP contribution in [0.15, 0.2) is 11.6 Å². The molecule has 0 aliphatic carbocycles. The second kappa shape index (κ2) is 13.3. The Bertz CT molecular complexity index is 412. The molecule has 0 N–H and O–H groups in total. The lowest BCUT2D eigenvalue weighted by molar-refractivity contribution is 0.199. The summed E-state index contributed by atoms with van der Waals surface area (Å²) < 4.78 is 47.5. The molecule has 0 saturated carbocycles. The predicted octanol–water partition coefficient (Wildman–Crippen LogP) is 6.33. The maximum atomic E-state index is 13.2. The van der Waals surface area contributed by atoms with Crippen LogP contribution in [0.4, 0.5) is 0 Å². The Morgan fingerprint density at radius 2 is 1.08 bits per heavy atom. The summed E-state index contributed by atoms with van der Waals surface area (Å²) in [6, 6.07) is 0. The molecule has 0 aromatic rings. The van der Waals surface area contributed by atoms with Gasteiger partial charge in [-0.15, -0.1) is 0 Å². The summed E-state index contributed by atoms with van der Waals surface area (Å²) in [6.07, 6.45) is 5.44. The first-order chi connectivity index (χ1) is 11.4. The van der Waals surface area contributed by atoms with Gasteiger partial charge in [0, 0.05) is 0 Å². The van der Waals surface area contributed by atoms with E-state index < -0.39 is 15.2 Å². The number of hydrogen-bond acceptors (Lipinski definition) is 6. The van der Waals surface area contributed by atoms with Crippen molar-refractivity contribution in [3.8, 4) is 0 Å². The standard InChI is InChI=1S/C16H34O6P2/c1-6-10-12-14-21-24(18,22-15-13-11-7-2)16(5)23(17,19-8-3)20-9-4/h5-15H2,1-4H3. The summed E-state index contributed by atoms with van der Waals surface area (Å²) in [4.78, 5) is 0. The largest absolute Gasteiger partial charge is 0.368 e. The van der Waals surface area contributed by atoms with Crippen molar-refractivity contribution >= 4 is 15.2 Å². The van der Waals surface area contributed by atoms with Crippen LogP contribution in [0.1, 0.15) is 66.2 Å². The zero-order valence-corrected chi connectivity index (χ0v) is 17.4. The van der Waals surface area contributed by atoms with Crippen LogP contribution >= 0.6 is 15.2 Å². The molecule has 144 valence electrons. The molecule has 0 fully saturated rings. The van der Waals surface area contributed by atoms with E-state index in [-0.39, 0.29) is 31.5 Å². The van der Waals surface area contributed by atoms with E-state index in [9.17, 15) is 9.13 Å². The fourth-order valence-electron chi connectivity index (χ4n) is 1.94. The molecule has 0 aromatic carbocycles. The predicted molar refractivity (Wildman–Crippen MR) is 98.6 cm³/mol. The van der Waals surface area contributed by atoms with Crippen LogP contribution in [0.25, 0.3) is 0 Å². The molecule has 0 radical (unpaired) electrons. The van der Waals surface area contributed by atoms with Gasteiger partial charge in [0.25, 0.3) is 0 Å². The maximum absolute atomic E-state index is 13.2. The topological polar surface area (TPSA) is 71.1 Å². The molecule has 0 aromatic heterocycles. The molecule has 0 unspecified atom stereocenters. The molecule has 0 heterocycles. The van der Waals surface area contributed by atoms with Gasteiger partial charge in [-0.25, -0.2) is 0 Å². The molecule has 0 atom stereocenters. The minimum absolute atomic E-state index is 0.155. The Labute approximate surface area is 147 Å². The van der Waals surface area contributed by atoms with E-state index in [1.54, 1.807) is 13.8 Å². The summed E-state index contributed by atoms with van der Waals surface area (Å²) in [5, 5.41) is -0.202. The van der Waals surface area contributed by atoms with Crippen molar-refractivity contribution in [2.24, 2.45) is 0 Å². The summed E-state index contributed by atoms with van der Waals surface area (Å²) in [5.41, 5.74) is 0. The first-order valence-electron chi connectivity index (χ1n) is 8.88. The molecule has 8 heteroatoms. The van der Waals surface area contributed by atoms with Gasteiger partial charge in [0.2, 0.25) is 0 Å². The van der Waals surface area contributed by atoms with Gasteiger partial charge in [-0.1, -0.05) is 46.1 Å². The smallest absolute Gasteiger partial charge is 0.305 e. The molecule has 24 heavy (non-hydrogen) atoms. The fraction of sp³-hybridized carbons (Fsp3) is 0.875. The van der Waals surface area contributed by atoms with Crippen LogP contribution in [0.5, 0.6) is 0 Å². The summed E-state index contributed by atoms with van der Waals surface area (Å²) in [6.45, 7) is 12.0. The van der Waals surface area contributed by atoms with Crippen molar-refractivity contribution in [2.75, 3.05) is 26.4 Å². The fourth-order valence-corrected chi connectivity index (χ4v) is 5.99. The number of unbranched alkanes of at least 4 members (excludes halogenated alkanes) is 4. The van der Waals surface area contributed by atoms with Crippen molar-refractivity contribution in [3.05, 3.63) is 11.6 Å². The Morgan fingerprint density at radius 3 is 1.42 bits per heavy atom. The van der Waals surface area contributed by atoms with Gasteiger partial charge >= 0.3 is 15.2 Å². The number of hydrogen-bond donors (Lipinski definition) is 0. The van der Waals surface area contributed by atoms with Gasteiger partial charge < -0.3 is 18.1 Å². The maximum Gasteiger partial charge on any atom is 0.368 e. The van der Waals surface area contributed by atoms with Crippen molar-refractivity contribution in [2.45, 2.75) is 66.2 Å². The van der Waals surface area contributed by atoms with E-state index in [2.05, 4.69) is 20.4 Å². The molecule has 0 aliphatic heterocycles. The molecule has 0 bridgehead atoms. The van der Waals surface area contributed by atoms with Crippen molar-refractivity contribution in [3.63, 3.8) is 0 Å². The highest BCUT2D eigenvalue weighted by molar-refractivity contribution is 7.78. The first kappa shape index (κ1) is 24.0. The van der Waals surface area contributed by atoms with E-state index in [0.29, 0.717) is 0 Å². The lowest BCUT2D eigenvalue weighted by atomic mass is 10.3. The van der Waals surface area contributed by atoms with Crippen LogP contribution in [-0.4, -0.2) is 26.4 Å². The minimum atomic E-state index is -3.78.